The molecule has 1 aliphatic rings. The monoisotopic (exact) mass is 833 g/mol. The maximum Gasteiger partial charge on any atom is 0.306 e. The van der Waals surface area contributed by atoms with Gasteiger partial charge in [-0.05, 0) is 51.4 Å². The Balaban J connectivity index is 2.35. The van der Waals surface area contributed by atoms with Crippen molar-refractivity contribution in [1.82, 2.24) is 0 Å². The van der Waals surface area contributed by atoms with Crippen LogP contribution < -0.4 is 0 Å². The van der Waals surface area contributed by atoms with E-state index in [0.717, 1.165) is 57.8 Å². The third-order valence-electron chi connectivity index (χ3n) is 10.4. The highest BCUT2D eigenvalue weighted by Crippen LogP contribution is 2.22. The molecule has 1 rings (SSSR count). The van der Waals surface area contributed by atoms with Crippen LogP contribution in [0.4, 0.5) is 0 Å². The predicted molar refractivity (Wildman–Crippen MR) is 238 cm³/mol. The molecular weight excluding hydrogens is 749 g/mol. The molecule has 1 aliphatic heterocycles. The molecule has 10 nitrogen and oxygen atoms in total. The minimum atomic E-state index is -1.60. The van der Waals surface area contributed by atoms with Gasteiger partial charge in [-0.15, -0.1) is 0 Å². The van der Waals surface area contributed by atoms with E-state index in [4.69, 9.17) is 18.9 Å². The Bertz CT molecular complexity index is 1150. The van der Waals surface area contributed by atoms with Crippen LogP contribution in [-0.2, 0) is 28.5 Å². The van der Waals surface area contributed by atoms with Crippen LogP contribution in [0.2, 0.25) is 0 Å². The van der Waals surface area contributed by atoms with E-state index in [1.165, 1.54) is 83.5 Å². The highest BCUT2D eigenvalue weighted by molar-refractivity contribution is 5.70. The highest BCUT2D eigenvalue weighted by atomic mass is 16.7. The molecule has 0 aromatic carbocycles. The fourth-order valence-electron chi connectivity index (χ4n) is 6.75. The lowest BCUT2D eigenvalue weighted by Crippen LogP contribution is -2.59. The number of esters is 2. The normalized spacial score (nSPS) is 20.5. The van der Waals surface area contributed by atoms with Gasteiger partial charge in [-0.2, -0.15) is 0 Å². The number of unbranched alkanes of at least 4 members (excludes halogenated alkanes) is 17. The second-order valence-corrected chi connectivity index (χ2v) is 15.8. The van der Waals surface area contributed by atoms with E-state index in [-0.39, 0.29) is 26.1 Å². The van der Waals surface area contributed by atoms with Gasteiger partial charge in [0, 0.05) is 12.8 Å². The van der Waals surface area contributed by atoms with Gasteiger partial charge in [0.1, 0.15) is 31.0 Å². The summed E-state index contributed by atoms with van der Waals surface area (Å²) >= 11 is 0. The van der Waals surface area contributed by atoms with Crippen LogP contribution in [0.25, 0.3) is 0 Å². The summed E-state index contributed by atoms with van der Waals surface area (Å²) in [5.41, 5.74) is 0. The van der Waals surface area contributed by atoms with Crippen LogP contribution in [0.3, 0.4) is 0 Å². The van der Waals surface area contributed by atoms with E-state index in [2.05, 4.69) is 68.5 Å². The molecule has 10 heteroatoms. The van der Waals surface area contributed by atoms with Gasteiger partial charge in [0.15, 0.2) is 12.4 Å². The van der Waals surface area contributed by atoms with Crippen LogP contribution >= 0.6 is 0 Å². The Morgan fingerprint density at radius 2 is 1.00 bits per heavy atom. The second-order valence-electron chi connectivity index (χ2n) is 15.8. The molecule has 0 aliphatic carbocycles. The van der Waals surface area contributed by atoms with Crippen molar-refractivity contribution in [2.24, 2.45) is 0 Å². The van der Waals surface area contributed by atoms with Gasteiger partial charge < -0.3 is 39.4 Å². The summed E-state index contributed by atoms with van der Waals surface area (Å²) in [5.74, 6) is -0.873. The number of carbonyl (C=O) groups is 2. The smallest absolute Gasteiger partial charge is 0.306 e. The number of ether oxygens (including phenoxy) is 4. The average molecular weight is 833 g/mol. The van der Waals surface area contributed by atoms with Gasteiger partial charge in [-0.25, -0.2) is 0 Å². The number of rotatable bonds is 38. The zero-order valence-corrected chi connectivity index (χ0v) is 37.0. The molecule has 340 valence electrons. The van der Waals surface area contributed by atoms with E-state index < -0.39 is 55.4 Å². The van der Waals surface area contributed by atoms with Crippen molar-refractivity contribution in [2.75, 3.05) is 19.8 Å². The molecule has 1 saturated heterocycles. The molecule has 59 heavy (non-hydrogen) atoms. The zero-order chi connectivity index (χ0) is 43.0. The number of allylic oxidation sites excluding steroid dienone is 10. The van der Waals surface area contributed by atoms with Crippen molar-refractivity contribution in [1.29, 1.82) is 0 Å². The Kier molecular flexibility index (Phi) is 36.5. The molecule has 0 spiro atoms. The van der Waals surface area contributed by atoms with Gasteiger partial charge in [0.25, 0.3) is 0 Å². The van der Waals surface area contributed by atoms with E-state index >= 15 is 0 Å². The van der Waals surface area contributed by atoms with E-state index in [1.54, 1.807) is 0 Å². The molecule has 0 aromatic heterocycles. The predicted octanol–water partition coefficient (Wildman–Crippen LogP) is 10.2. The Morgan fingerprint density at radius 1 is 0.542 bits per heavy atom. The minimum absolute atomic E-state index is 0.196. The molecule has 0 saturated carbocycles. The summed E-state index contributed by atoms with van der Waals surface area (Å²) in [6.07, 6.45) is 40.9. The van der Waals surface area contributed by atoms with Crippen LogP contribution in [0.15, 0.2) is 60.8 Å². The molecule has 0 aromatic rings. The van der Waals surface area contributed by atoms with Crippen LogP contribution in [0.5, 0.6) is 0 Å². The molecule has 1 fully saturated rings. The van der Waals surface area contributed by atoms with Gasteiger partial charge in [-0.3, -0.25) is 9.59 Å². The van der Waals surface area contributed by atoms with Crippen molar-refractivity contribution in [3.8, 4) is 0 Å². The number of hydrogen-bond acceptors (Lipinski definition) is 10. The summed E-state index contributed by atoms with van der Waals surface area (Å²) in [6, 6.07) is 0. The summed E-state index contributed by atoms with van der Waals surface area (Å²) in [4.78, 5) is 25.3. The zero-order valence-electron chi connectivity index (χ0n) is 37.0. The molecule has 4 N–H and O–H groups in total. The Hall–Kier alpha value is -2.60. The summed E-state index contributed by atoms with van der Waals surface area (Å²) in [5, 5.41) is 40.1. The standard InChI is InChI=1S/C49H84O10/c1-3-5-7-9-11-13-15-17-19-21-23-25-27-29-31-33-35-37-44(51)56-40-42(41-57-49-48(55)47(54)46(53)43(39-50)59-49)58-45(52)38-36-34-32-30-28-26-24-22-20-18-16-14-12-10-8-6-4-2/h5,7,11,13,17,19,23,25,29,31,42-43,46-50,53-55H,3-4,6,8-10,12,14-16,18,20-22,24,26-28,30,32-41H2,1-2H3/b7-5+,13-11+,19-17+,25-23+,31-29+/t42-,43-,46+,47?,48?,49-/m0/s1. The summed E-state index contributed by atoms with van der Waals surface area (Å²) < 4.78 is 22.1. The molecular formula is C49H84O10. The number of carbonyl (C=O) groups excluding carboxylic acids is 2. The maximum absolute atomic E-state index is 12.8. The number of aliphatic hydroxyl groups is 4. The van der Waals surface area contributed by atoms with Crippen molar-refractivity contribution in [2.45, 2.75) is 218 Å². The van der Waals surface area contributed by atoms with Crippen molar-refractivity contribution < 1.29 is 49.0 Å². The van der Waals surface area contributed by atoms with E-state index in [9.17, 15) is 30.0 Å². The van der Waals surface area contributed by atoms with Crippen molar-refractivity contribution in [3.63, 3.8) is 0 Å². The Morgan fingerprint density at radius 3 is 1.49 bits per heavy atom. The fourth-order valence-corrected chi connectivity index (χ4v) is 6.75. The lowest BCUT2D eigenvalue weighted by Gasteiger charge is -2.39. The number of hydrogen-bond donors (Lipinski definition) is 4. The quantitative estimate of drug-likeness (QED) is 0.0269. The number of aliphatic hydroxyl groups excluding tert-OH is 4. The van der Waals surface area contributed by atoms with Gasteiger partial charge in [0.2, 0.25) is 0 Å². The van der Waals surface area contributed by atoms with Crippen LogP contribution in [0.1, 0.15) is 181 Å². The van der Waals surface area contributed by atoms with Gasteiger partial charge in [-0.1, -0.05) is 177 Å². The maximum atomic E-state index is 12.8. The van der Waals surface area contributed by atoms with E-state index in [1.807, 2.05) is 6.08 Å². The van der Waals surface area contributed by atoms with E-state index in [0.29, 0.717) is 12.8 Å². The molecule has 0 bridgehead atoms. The highest BCUT2D eigenvalue weighted by Gasteiger charge is 2.44. The molecule has 6 atom stereocenters. The van der Waals surface area contributed by atoms with Crippen LogP contribution in [-0.4, -0.2) is 89.0 Å². The topological polar surface area (TPSA) is 152 Å². The largest absolute Gasteiger partial charge is 0.462 e. The first-order chi connectivity index (χ1) is 28.8. The first-order valence-corrected chi connectivity index (χ1v) is 23.4. The first-order valence-electron chi connectivity index (χ1n) is 23.4. The molecule has 0 amide bonds. The average Bonchev–Trinajstić information content (AvgIpc) is 3.23. The molecule has 1 heterocycles. The van der Waals surface area contributed by atoms with Gasteiger partial charge in [0.05, 0.1) is 13.2 Å². The SMILES string of the molecule is CC/C=C/C/C=C/C/C=C/C/C=C/C/C=C/CCCC(=O)OC[C@@H](CO[C@H]1O[C@@H](CO)[C@@H](O)C(O)C1O)OC(=O)CCCCCCCCCCCCCCCCCCC. The first kappa shape index (κ1) is 54.4. The van der Waals surface area contributed by atoms with Crippen molar-refractivity contribution in [3.05, 3.63) is 60.8 Å². The van der Waals surface area contributed by atoms with Crippen molar-refractivity contribution >= 4 is 11.9 Å². The summed E-state index contributed by atoms with van der Waals surface area (Å²) in [7, 11) is 0. The third kappa shape index (κ3) is 31.0. The minimum Gasteiger partial charge on any atom is -0.462 e. The Labute approximate surface area is 358 Å². The van der Waals surface area contributed by atoms with Crippen LogP contribution in [0, 0.1) is 0 Å². The van der Waals surface area contributed by atoms with Gasteiger partial charge >= 0.3 is 11.9 Å². The lowest BCUT2D eigenvalue weighted by atomic mass is 9.99. The molecule has 0 radical (unpaired) electrons. The third-order valence-corrected chi connectivity index (χ3v) is 10.4. The second kappa shape index (κ2) is 39.5. The molecule has 2 unspecified atom stereocenters. The fraction of sp³-hybridized carbons (Fsp3) is 0.755. The lowest BCUT2D eigenvalue weighted by molar-refractivity contribution is -0.305. The summed E-state index contributed by atoms with van der Waals surface area (Å²) in [6.45, 7) is 3.26.